The Labute approximate surface area is 134 Å². The van der Waals surface area contributed by atoms with Gasteiger partial charge in [0.15, 0.2) is 0 Å². The molecule has 2 rings (SSSR count). The molecular formula is C15H19ClN4O2. The summed E-state index contributed by atoms with van der Waals surface area (Å²) in [6.45, 7) is 3.46. The molecule has 1 aromatic heterocycles. The molecule has 7 heteroatoms. The molecule has 0 spiro atoms. The highest BCUT2D eigenvalue weighted by Crippen LogP contribution is 2.27. The first-order chi connectivity index (χ1) is 10.7. The largest absolute Gasteiger partial charge is 0.490 e. The van der Waals surface area contributed by atoms with Gasteiger partial charge in [0.25, 0.3) is 0 Å². The van der Waals surface area contributed by atoms with E-state index in [0.29, 0.717) is 36.9 Å². The molecule has 0 saturated heterocycles. The van der Waals surface area contributed by atoms with Crippen molar-refractivity contribution in [2.24, 2.45) is 0 Å². The summed E-state index contributed by atoms with van der Waals surface area (Å²) in [6, 6.07) is 5.60. The molecule has 1 N–H and O–H groups in total. The fraction of sp³-hybridized carbons (Fsp3) is 0.400. The number of para-hydroxylation sites is 1. The standard InChI is InChI=1S/C15H19ClN4O2/c1-12-4-2-5-13(16)15(12)22-9-7-18-14(21)6-3-8-20-11-17-10-19-20/h2,4-5,10-11H,3,6-9H2,1H3,(H,18,21). The smallest absolute Gasteiger partial charge is 0.220 e. The third-order valence-electron chi connectivity index (χ3n) is 3.09. The van der Waals surface area contributed by atoms with E-state index in [9.17, 15) is 4.79 Å². The lowest BCUT2D eigenvalue weighted by molar-refractivity contribution is -0.121. The van der Waals surface area contributed by atoms with Gasteiger partial charge in [-0.1, -0.05) is 23.7 Å². The molecule has 1 aromatic carbocycles. The van der Waals surface area contributed by atoms with Crippen molar-refractivity contribution in [2.45, 2.75) is 26.3 Å². The Morgan fingerprint density at radius 2 is 2.32 bits per heavy atom. The Kier molecular flexibility index (Phi) is 6.21. The minimum Gasteiger partial charge on any atom is -0.490 e. The van der Waals surface area contributed by atoms with Gasteiger partial charge in [-0.3, -0.25) is 9.48 Å². The van der Waals surface area contributed by atoms with Gasteiger partial charge in [0, 0.05) is 13.0 Å². The van der Waals surface area contributed by atoms with E-state index in [1.807, 2.05) is 19.1 Å². The molecule has 0 saturated carbocycles. The van der Waals surface area contributed by atoms with Crippen LogP contribution in [0.3, 0.4) is 0 Å². The normalized spacial score (nSPS) is 10.5. The van der Waals surface area contributed by atoms with E-state index in [4.69, 9.17) is 16.3 Å². The highest BCUT2D eigenvalue weighted by Gasteiger charge is 2.05. The number of amides is 1. The lowest BCUT2D eigenvalue weighted by Gasteiger charge is -2.11. The lowest BCUT2D eigenvalue weighted by Crippen LogP contribution is -2.28. The minimum absolute atomic E-state index is 0.000374. The van der Waals surface area contributed by atoms with Crippen molar-refractivity contribution in [3.8, 4) is 5.75 Å². The quantitative estimate of drug-likeness (QED) is 0.757. The van der Waals surface area contributed by atoms with E-state index >= 15 is 0 Å². The summed E-state index contributed by atoms with van der Waals surface area (Å²) in [7, 11) is 0. The lowest BCUT2D eigenvalue weighted by atomic mass is 10.2. The Morgan fingerprint density at radius 1 is 1.45 bits per heavy atom. The average Bonchev–Trinajstić information content (AvgIpc) is 2.99. The number of carbonyl (C=O) groups excluding carboxylic acids is 1. The van der Waals surface area contributed by atoms with Gasteiger partial charge in [-0.15, -0.1) is 0 Å². The molecule has 118 valence electrons. The van der Waals surface area contributed by atoms with Crippen molar-refractivity contribution >= 4 is 17.5 Å². The van der Waals surface area contributed by atoms with Crippen LogP contribution in [0.15, 0.2) is 30.9 Å². The molecule has 6 nitrogen and oxygen atoms in total. The van der Waals surface area contributed by atoms with Crippen LogP contribution in [0.25, 0.3) is 0 Å². The maximum absolute atomic E-state index is 11.7. The van der Waals surface area contributed by atoms with Gasteiger partial charge in [0.1, 0.15) is 25.0 Å². The third-order valence-corrected chi connectivity index (χ3v) is 3.39. The van der Waals surface area contributed by atoms with Gasteiger partial charge in [0.2, 0.25) is 5.91 Å². The summed E-state index contributed by atoms with van der Waals surface area (Å²) >= 11 is 6.06. The number of hydrogen-bond acceptors (Lipinski definition) is 4. The fourth-order valence-electron chi connectivity index (χ4n) is 1.98. The van der Waals surface area contributed by atoms with Crippen molar-refractivity contribution in [1.82, 2.24) is 20.1 Å². The molecule has 0 aliphatic heterocycles. The van der Waals surface area contributed by atoms with Gasteiger partial charge in [-0.05, 0) is 25.0 Å². The molecule has 2 aromatic rings. The predicted molar refractivity (Wildman–Crippen MR) is 83.9 cm³/mol. The van der Waals surface area contributed by atoms with Crippen LogP contribution in [0.1, 0.15) is 18.4 Å². The Morgan fingerprint density at radius 3 is 3.05 bits per heavy atom. The molecule has 0 fully saturated rings. The van der Waals surface area contributed by atoms with Crippen LogP contribution in [0.5, 0.6) is 5.75 Å². The summed E-state index contributed by atoms with van der Waals surface area (Å²) in [5.74, 6) is 0.671. The van der Waals surface area contributed by atoms with E-state index in [2.05, 4.69) is 15.4 Å². The fourth-order valence-corrected chi connectivity index (χ4v) is 2.26. The molecule has 1 heterocycles. The van der Waals surface area contributed by atoms with Crippen LogP contribution < -0.4 is 10.1 Å². The first-order valence-corrected chi connectivity index (χ1v) is 7.51. The number of hydrogen-bond donors (Lipinski definition) is 1. The number of benzene rings is 1. The molecule has 0 unspecified atom stereocenters. The van der Waals surface area contributed by atoms with Crippen LogP contribution >= 0.6 is 11.6 Å². The maximum atomic E-state index is 11.7. The zero-order valence-electron chi connectivity index (χ0n) is 12.5. The van der Waals surface area contributed by atoms with Gasteiger partial charge < -0.3 is 10.1 Å². The monoisotopic (exact) mass is 322 g/mol. The number of aromatic nitrogens is 3. The Bertz CT molecular complexity index is 581. The average molecular weight is 323 g/mol. The highest BCUT2D eigenvalue weighted by molar-refractivity contribution is 6.32. The molecule has 0 bridgehead atoms. The van der Waals surface area contributed by atoms with E-state index in [-0.39, 0.29) is 5.91 Å². The second-order valence-electron chi connectivity index (χ2n) is 4.85. The number of nitrogens with one attached hydrogen (secondary N) is 1. The van der Waals surface area contributed by atoms with Crippen LogP contribution in [-0.2, 0) is 11.3 Å². The number of rotatable bonds is 8. The number of ether oxygens (including phenoxy) is 1. The SMILES string of the molecule is Cc1cccc(Cl)c1OCCNC(=O)CCCn1cncn1. The zero-order chi connectivity index (χ0) is 15.8. The summed E-state index contributed by atoms with van der Waals surface area (Å²) < 4.78 is 7.32. The van der Waals surface area contributed by atoms with Crippen molar-refractivity contribution < 1.29 is 9.53 Å². The van der Waals surface area contributed by atoms with Crippen LogP contribution in [0, 0.1) is 6.92 Å². The van der Waals surface area contributed by atoms with Gasteiger partial charge in [-0.2, -0.15) is 5.10 Å². The van der Waals surface area contributed by atoms with Crippen LogP contribution in [0.4, 0.5) is 0 Å². The molecule has 0 aliphatic carbocycles. The molecule has 0 aliphatic rings. The van der Waals surface area contributed by atoms with Crippen LogP contribution in [0.2, 0.25) is 5.02 Å². The van der Waals surface area contributed by atoms with Crippen molar-refractivity contribution in [3.63, 3.8) is 0 Å². The summed E-state index contributed by atoms with van der Waals surface area (Å²) in [4.78, 5) is 15.5. The van der Waals surface area contributed by atoms with E-state index in [1.165, 1.54) is 6.33 Å². The predicted octanol–water partition coefficient (Wildman–Crippen LogP) is 2.22. The summed E-state index contributed by atoms with van der Waals surface area (Å²) in [5.41, 5.74) is 0.978. The van der Waals surface area contributed by atoms with Crippen molar-refractivity contribution in [1.29, 1.82) is 0 Å². The van der Waals surface area contributed by atoms with Gasteiger partial charge >= 0.3 is 0 Å². The topological polar surface area (TPSA) is 69.0 Å². The number of aryl methyl sites for hydroxylation is 2. The van der Waals surface area contributed by atoms with E-state index < -0.39 is 0 Å². The highest BCUT2D eigenvalue weighted by atomic mass is 35.5. The number of carbonyl (C=O) groups is 1. The summed E-state index contributed by atoms with van der Waals surface area (Å²) in [5, 5.41) is 7.38. The number of nitrogens with zero attached hydrogens (tertiary/aromatic N) is 3. The Balaban J connectivity index is 1.61. The van der Waals surface area contributed by atoms with Gasteiger partial charge in [0.05, 0.1) is 11.6 Å². The molecule has 22 heavy (non-hydrogen) atoms. The third kappa shape index (κ3) is 5.04. The van der Waals surface area contributed by atoms with E-state index in [0.717, 1.165) is 12.0 Å². The second kappa shape index (κ2) is 8.38. The Hall–Kier alpha value is -2.08. The molecule has 0 radical (unpaired) electrons. The first kappa shape index (κ1) is 16.3. The molecule has 0 atom stereocenters. The molecular weight excluding hydrogens is 304 g/mol. The minimum atomic E-state index is -0.000374. The summed E-state index contributed by atoms with van der Waals surface area (Å²) in [6.07, 6.45) is 4.29. The van der Waals surface area contributed by atoms with Gasteiger partial charge in [-0.25, -0.2) is 4.98 Å². The van der Waals surface area contributed by atoms with Crippen molar-refractivity contribution in [3.05, 3.63) is 41.4 Å². The molecule has 1 amide bonds. The van der Waals surface area contributed by atoms with Crippen LogP contribution in [-0.4, -0.2) is 33.8 Å². The number of halogens is 1. The zero-order valence-corrected chi connectivity index (χ0v) is 13.2. The maximum Gasteiger partial charge on any atom is 0.220 e. The van der Waals surface area contributed by atoms with E-state index in [1.54, 1.807) is 17.1 Å². The first-order valence-electron chi connectivity index (χ1n) is 7.14. The second-order valence-corrected chi connectivity index (χ2v) is 5.25. The van der Waals surface area contributed by atoms with Crippen molar-refractivity contribution in [2.75, 3.05) is 13.2 Å².